The van der Waals surface area contributed by atoms with Gasteiger partial charge < -0.3 is 5.11 Å². The maximum atomic E-state index is 10.5. The van der Waals surface area contributed by atoms with Crippen molar-refractivity contribution in [2.75, 3.05) is 0 Å². The smallest absolute Gasteiger partial charge is 0.0984 e. The topological polar surface area (TPSA) is 38.0 Å². The summed E-state index contributed by atoms with van der Waals surface area (Å²) in [6.45, 7) is 4.91. The molecule has 1 aliphatic carbocycles. The van der Waals surface area contributed by atoms with Gasteiger partial charge in [0, 0.05) is 6.54 Å². The van der Waals surface area contributed by atoms with Gasteiger partial charge in [-0.15, -0.1) is 0 Å². The van der Waals surface area contributed by atoms with Crippen LogP contribution >= 0.6 is 0 Å². The highest BCUT2D eigenvalue weighted by atomic mass is 16.3. The molecule has 0 aliphatic heterocycles. The summed E-state index contributed by atoms with van der Waals surface area (Å²) in [7, 11) is 0. The molecule has 3 heteroatoms. The average Bonchev–Trinajstić information content (AvgIpc) is 2.55. The Morgan fingerprint density at radius 2 is 2.00 bits per heavy atom. The van der Waals surface area contributed by atoms with Crippen molar-refractivity contribution in [2.24, 2.45) is 5.92 Å². The highest BCUT2D eigenvalue weighted by Crippen LogP contribution is 2.33. The zero-order valence-electron chi connectivity index (χ0n) is 11.0. The molecule has 0 spiro atoms. The van der Waals surface area contributed by atoms with Crippen molar-refractivity contribution in [1.82, 2.24) is 9.78 Å². The van der Waals surface area contributed by atoms with Crippen molar-refractivity contribution in [3.05, 3.63) is 17.5 Å². The number of aliphatic hydroxyl groups excluding tert-OH is 1. The van der Waals surface area contributed by atoms with Crippen LogP contribution in [-0.2, 0) is 6.54 Å². The van der Waals surface area contributed by atoms with Crippen LogP contribution in [0.25, 0.3) is 0 Å². The zero-order valence-corrected chi connectivity index (χ0v) is 11.0. The molecule has 0 bridgehead atoms. The summed E-state index contributed by atoms with van der Waals surface area (Å²) in [5.74, 6) is 0.430. The van der Waals surface area contributed by atoms with Crippen LogP contribution in [0, 0.1) is 12.8 Å². The Morgan fingerprint density at radius 1 is 1.35 bits per heavy atom. The van der Waals surface area contributed by atoms with E-state index in [2.05, 4.69) is 12.0 Å². The average molecular weight is 236 g/mol. The number of aromatic nitrogens is 2. The van der Waals surface area contributed by atoms with Crippen LogP contribution in [0.1, 0.15) is 62.9 Å². The van der Waals surface area contributed by atoms with Crippen LogP contribution in [0.15, 0.2) is 6.07 Å². The second-order valence-corrected chi connectivity index (χ2v) is 5.22. The van der Waals surface area contributed by atoms with E-state index in [1.54, 1.807) is 0 Å². The lowest BCUT2D eigenvalue weighted by atomic mass is 9.92. The van der Waals surface area contributed by atoms with Crippen LogP contribution in [0.4, 0.5) is 0 Å². The molecule has 1 unspecified atom stereocenters. The maximum absolute atomic E-state index is 10.5. The molecule has 0 aromatic carbocycles. The second-order valence-electron chi connectivity index (χ2n) is 5.22. The fraction of sp³-hybridized carbons (Fsp3) is 0.786. The lowest BCUT2D eigenvalue weighted by Gasteiger charge is -2.21. The molecule has 0 saturated heterocycles. The predicted molar refractivity (Wildman–Crippen MR) is 68.8 cm³/mol. The van der Waals surface area contributed by atoms with Crippen LogP contribution in [-0.4, -0.2) is 14.9 Å². The Kier molecular flexibility index (Phi) is 4.21. The molecule has 1 aromatic heterocycles. The van der Waals surface area contributed by atoms with E-state index < -0.39 is 0 Å². The van der Waals surface area contributed by atoms with E-state index in [0.29, 0.717) is 5.92 Å². The van der Waals surface area contributed by atoms with E-state index in [1.807, 2.05) is 17.7 Å². The summed E-state index contributed by atoms with van der Waals surface area (Å²) in [6.07, 6.45) is 7.19. The maximum Gasteiger partial charge on any atom is 0.0984 e. The van der Waals surface area contributed by atoms with Crippen LogP contribution < -0.4 is 0 Å². The number of hydrogen-bond donors (Lipinski definition) is 1. The van der Waals surface area contributed by atoms with Crippen LogP contribution in [0.3, 0.4) is 0 Å². The summed E-state index contributed by atoms with van der Waals surface area (Å²) >= 11 is 0. The first-order valence-electron chi connectivity index (χ1n) is 6.94. The second kappa shape index (κ2) is 5.67. The predicted octanol–water partition coefficient (Wildman–Crippen LogP) is 3.22. The molecule has 2 rings (SSSR count). The first-order valence-corrected chi connectivity index (χ1v) is 6.94. The molecular formula is C14H24N2O. The van der Waals surface area contributed by atoms with Gasteiger partial charge in [0.25, 0.3) is 0 Å². The molecular weight excluding hydrogens is 212 g/mol. The quantitative estimate of drug-likeness (QED) is 0.818. The van der Waals surface area contributed by atoms with Crippen molar-refractivity contribution in [1.29, 1.82) is 0 Å². The Hall–Kier alpha value is -0.830. The van der Waals surface area contributed by atoms with E-state index >= 15 is 0 Å². The van der Waals surface area contributed by atoms with Gasteiger partial charge in [0.2, 0.25) is 0 Å². The third kappa shape index (κ3) is 2.89. The van der Waals surface area contributed by atoms with Crippen molar-refractivity contribution >= 4 is 0 Å². The summed E-state index contributed by atoms with van der Waals surface area (Å²) < 4.78 is 1.95. The summed E-state index contributed by atoms with van der Waals surface area (Å²) in [5.41, 5.74) is 2.02. The Labute approximate surface area is 104 Å². The molecule has 1 aromatic rings. The number of hydrogen-bond acceptors (Lipinski definition) is 2. The molecule has 0 radical (unpaired) electrons. The third-order valence-electron chi connectivity index (χ3n) is 3.88. The summed E-state index contributed by atoms with van der Waals surface area (Å²) in [6, 6.07) is 2.04. The van der Waals surface area contributed by atoms with E-state index in [0.717, 1.165) is 30.8 Å². The van der Waals surface area contributed by atoms with Crippen LogP contribution in [0.2, 0.25) is 0 Å². The van der Waals surface area contributed by atoms with E-state index in [4.69, 9.17) is 0 Å². The standard InChI is InChI=1S/C14H24N2O/c1-3-16-13(10-11(2)15-16)14(17)12-8-6-4-5-7-9-12/h10,12,14,17H,3-9H2,1-2H3. The summed E-state index contributed by atoms with van der Waals surface area (Å²) in [5, 5.41) is 15.0. The van der Waals surface area contributed by atoms with Gasteiger partial charge in [0.1, 0.15) is 0 Å². The monoisotopic (exact) mass is 236 g/mol. The number of nitrogens with zero attached hydrogens (tertiary/aromatic N) is 2. The van der Waals surface area contributed by atoms with E-state index in [9.17, 15) is 5.11 Å². The van der Waals surface area contributed by atoms with Crippen LogP contribution in [0.5, 0.6) is 0 Å². The molecule has 0 amide bonds. The molecule has 1 saturated carbocycles. The molecule has 1 aliphatic rings. The van der Waals surface area contributed by atoms with Crippen molar-refractivity contribution in [2.45, 2.75) is 65.0 Å². The SMILES string of the molecule is CCn1nc(C)cc1C(O)C1CCCCCC1. The lowest BCUT2D eigenvalue weighted by molar-refractivity contribution is 0.0901. The lowest BCUT2D eigenvalue weighted by Crippen LogP contribution is -2.16. The first-order chi connectivity index (χ1) is 8.22. The van der Waals surface area contributed by atoms with Gasteiger partial charge in [0.05, 0.1) is 17.5 Å². The van der Waals surface area contributed by atoms with Gasteiger partial charge in [-0.1, -0.05) is 25.7 Å². The largest absolute Gasteiger partial charge is 0.387 e. The third-order valence-corrected chi connectivity index (χ3v) is 3.88. The highest BCUT2D eigenvalue weighted by molar-refractivity contribution is 5.12. The van der Waals surface area contributed by atoms with Crippen molar-refractivity contribution in [3.8, 4) is 0 Å². The molecule has 1 heterocycles. The zero-order chi connectivity index (χ0) is 12.3. The fourth-order valence-electron chi connectivity index (χ4n) is 2.93. The minimum atomic E-state index is -0.325. The van der Waals surface area contributed by atoms with E-state index in [1.165, 1.54) is 25.7 Å². The Morgan fingerprint density at radius 3 is 2.59 bits per heavy atom. The number of rotatable bonds is 3. The van der Waals surface area contributed by atoms with Gasteiger partial charge >= 0.3 is 0 Å². The van der Waals surface area contributed by atoms with Gasteiger partial charge in [-0.05, 0) is 38.7 Å². The fourth-order valence-corrected chi connectivity index (χ4v) is 2.93. The Balaban J connectivity index is 2.13. The minimum absolute atomic E-state index is 0.325. The summed E-state index contributed by atoms with van der Waals surface area (Å²) in [4.78, 5) is 0. The molecule has 1 atom stereocenters. The number of aryl methyl sites for hydroxylation is 2. The van der Waals surface area contributed by atoms with E-state index in [-0.39, 0.29) is 6.10 Å². The number of aliphatic hydroxyl groups is 1. The normalized spacial score (nSPS) is 20.2. The van der Waals surface area contributed by atoms with Crippen molar-refractivity contribution < 1.29 is 5.11 Å². The molecule has 1 N–H and O–H groups in total. The molecule has 1 fully saturated rings. The first kappa shape index (κ1) is 12.6. The molecule has 3 nitrogen and oxygen atoms in total. The van der Waals surface area contributed by atoms with Gasteiger partial charge in [-0.25, -0.2) is 0 Å². The highest BCUT2D eigenvalue weighted by Gasteiger charge is 2.25. The van der Waals surface area contributed by atoms with Crippen molar-refractivity contribution in [3.63, 3.8) is 0 Å². The molecule has 96 valence electrons. The molecule has 17 heavy (non-hydrogen) atoms. The van der Waals surface area contributed by atoms with Gasteiger partial charge in [-0.2, -0.15) is 5.10 Å². The minimum Gasteiger partial charge on any atom is -0.387 e. The van der Waals surface area contributed by atoms with Gasteiger partial charge in [0.15, 0.2) is 0 Å². The Bertz CT molecular complexity index is 351. The van der Waals surface area contributed by atoms with Gasteiger partial charge in [-0.3, -0.25) is 4.68 Å².